The minimum Gasteiger partial charge on any atom is -0.292 e. The molecule has 2 aromatic rings. The van der Waals surface area contributed by atoms with Crippen LogP contribution in [0.5, 0.6) is 0 Å². The van der Waals surface area contributed by atoms with E-state index in [-0.39, 0.29) is 11.4 Å². The first-order valence-electron chi connectivity index (χ1n) is 6.23. The SMILES string of the molecule is CC(C)Cc1[nH]n(-c2ccc(C(F)(F)F)cn2)c(=O)c1Br. The highest BCUT2D eigenvalue weighted by Crippen LogP contribution is 2.28. The van der Waals surface area contributed by atoms with Gasteiger partial charge in [-0.2, -0.15) is 13.2 Å². The van der Waals surface area contributed by atoms with Crippen LogP contribution in [0.15, 0.2) is 27.6 Å². The van der Waals surface area contributed by atoms with Crippen LogP contribution < -0.4 is 5.56 Å². The first-order valence-corrected chi connectivity index (χ1v) is 7.02. The van der Waals surface area contributed by atoms with E-state index in [4.69, 9.17) is 0 Å². The van der Waals surface area contributed by atoms with E-state index in [2.05, 4.69) is 26.0 Å². The fourth-order valence-corrected chi connectivity index (χ4v) is 2.28. The van der Waals surface area contributed by atoms with Gasteiger partial charge in [-0.3, -0.25) is 9.89 Å². The van der Waals surface area contributed by atoms with Gasteiger partial charge >= 0.3 is 6.18 Å². The Bertz CT molecular complexity index is 686. The van der Waals surface area contributed by atoms with Crippen molar-refractivity contribution >= 4 is 15.9 Å². The van der Waals surface area contributed by atoms with Crippen molar-refractivity contribution in [1.82, 2.24) is 14.8 Å². The van der Waals surface area contributed by atoms with Crippen molar-refractivity contribution in [3.05, 3.63) is 44.4 Å². The lowest BCUT2D eigenvalue weighted by molar-refractivity contribution is -0.137. The third-order valence-electron chi connectivity index (χ3n) is 2.82. The van der Waals surface area contributed by atoms with Crippen molar-refractivity contribution in [2.75, 3.05) is 0 Å². The molecule has 21 heavy (non-hydrogen) atoms. The number of hydrogen-bond donors (Lipinski definition) is 1. The Morgan fingerprint density at radius 3 is 2.52 bits per heavy atom. The first-order chi connectivity index (χ1) is 9.70. The van der Waals surface area contributed by atoms with Gasteiger partial charge in [-0.15, -0.1) is 0 Å². The lowest BCUT2D eigenvalue weighted by atomic mass is 10.1. The summed E-state index contributed by atoms with van der Waals surface area (Å²) in [5.74, 6) is 0.442. The fourth-order valence-electron chi connectivity index (χ4n) is 1.85. The number of alkyl halides is 3. The van der Waals surface area contributed by atoms with Gasteiger partial charge in [0.05, 0.1) is 11.3 Å². The van der Waals surface area contributed by atoms with Gasteiger partial charge in [-0.05, 0) is 40.4 Å². The average Bonchev–Trinajstić information content (AvgIpc) is 2.66. The molecular formula is C13H13BrF3N3O. The molecule has 0 saturated heterocycles. The van der Waals surface area contributed by atoms with Crippen molar-refractivity contribution in [1.29, 1.82) is 0 Å². The minimum absolute atomic E-state index is 0.115. The van der Waals surface area contributed by atoms with Crippen molar-refractivity contribution in [2.45, 2.75) is 26.4 Å². The van der Waals surface area contributed by atoms with Gasteiger partial charge in [0, 0.05) is 6.20 Å². The number of aromatic amines is 1. The molecule has 114 valence electrons. The number of nitrogens with zero attached hydrogens (tertiary/aromatic N) is 2. The number of rotatable bonds is 3. The molecule has 0 atom stereocenters. The molecule has 0 spiro atoms. The van der Waals surface area contributed by atoms with Crippen LogP contribution in [0.2, 0.25) is 0 Å². The molecule has 2 aromatic heterocycles. The van der Waals surface area contributed by atoms with Crippen LogP contribution in [0.25, 0.3) is 5.82 Å². The highest BCUT2D eigenvalue weighted by molar-refractivity contribution is 9.10. The molecule has 0 unspecified atom stereocenters. The predicted octanol–water partition coefficient (Wildman–Crippen LogP) is 3.54. The van der Waals surface area contributed by atoms with Crippen molar-refractivity contribution < 1.29 is 13.2 Å². The molecule has 0 saturated carbocycles. The number of H-pyrrole nitrogens is 1. The van der Waals surface area contributed by atoms with Gasteiger partial charge in [-0.25, -0.2) is 9.67 Å². The zero-order valence-electron chi connectivity index (χ0n) is 11.3. The smallest absolute Gasteiger partial charge is 0.292 e. The minimum atomic E-state index is -4.45. The third-order valence-corrected chi connectivity index (χ3v) is 3.64. The lowest BCUT2D eigenvalue weighted by Gasteiger charge is -2.07. The van der Waals surface area contributed by atoms with E-state index in [1.165, 1.54) is 0 Å². The van der Waals surface area contributed by atoms with Gasteiger partial charge in [0.2, 0.25) is 0 Å². The Hall–Kier alpha value is -1.57. The maximum absolute atomic E-state index is 12.5. The quantitative estimate of drug-likeness (QED) is 0.906. The van der Waals surface area contributed by atoms with Crippen LogP contribution in [0, 0.1) is 5.92 Å². The van der Waals surface area contributed by atoms with E-state index in [0.717, 1.165) is 16.8 Å². The molecule has 4 nitrogen and oxygen atoms in total. The average molecular weight is 364 g/mol. The molecule has 0 bridgehead atoms. The summed E-state index contributed by atoms with van der Waals surface area (Å²) in [6.45, 7) is 4.00. The number of pyridine rings is 1. The van der Waals surface area contributed by atoms with Gasteiger partial charge in [0.1, 0.15) is 4.47 Å². The first kappa shape index (κ1) is 15.8. The fraction of sp³-hybridized carbons (Fsp3) is 0.385. The topological polar surface area (TPSA) is 50.7 Å². The van der Waals surface area contributed by atoms with Crippen LogP contribution in [-0.2, 0) is 12.6 Å². The Labute approximate surface area is 127 Å². The third kappa shape index (κ3) is 3.37. The molecule has 0 amide bonds. The maximum Gasteiger partial charge on any atom is 0.417 e. The summed E-state index contributed by atoms with van der Waals surface area (Å²) in [6.07, 6.45) is -3.10. The Balaban J connectivity index is 2.41. The predicted molar refractivity (Wildman–Crippen MR) is 75.4 cm³/mol. The van der Waals surface area contributed by atoms with Crippen LogP contribution in [0.4, 0.5) is 13.2 Å². The summed E-state index contributed by atoms with van der Waals surface area (Å²) >= 11 is 3.20. The summed E-state index contributed by atoms with van der Waals surface area (Å²) in [5, 5.41) is 2.87. The van der Waals surface area contributed by atoms with E-state index in [1.807, 2.05) is 13.8 Å². The molecule has 0 fully saturated rings. The van der Waals surface area contributed by atoms with E-state index in [9.17, 15) is 18.0 Å². The zero-order chi connectivity index (χ0) is 15.8. The molecule has 0 aliphatic rings. The Morgan fingerprint density at radius 2 is 2.05 bits per heavy atom. The van der Waals surface area contributed by atoms with E-state index in [1.54, 1.807) is 0 Å². The monoisotopic (exact) mass is 363 g/mol. The second kappa shape index (κ2) is 5.67. The van der Waals surface area contributed by atoms with E-state index < -0.39 is 11.7 Å². The summed E-state index contributed by atoms with van der Waals surface area (Å²) in [5.41, 5.74) is -0.540. The lowest BCUT2D eigenvalue weighted by Crippen LogP contribution is -2.16. The number of nitrogens with one attached hydrogen (secondary N) is 1. The molecule has 0 aliphatic carbocycles. The van der Waals surface area contributed by atoms with Gasteiger partial charge in [0.25, 0.3) is 5.56 Å². The van der Waals surface area contributed by atoms with Crippen molar-refractivity contribution in [2.24, 2.45) is 5.92 Å². The second-order valence-electron chi connectivity index (χ2n) is 5.05. The molecule has 0 aromatic carbocycles. The number of halogens is 4. The largest absolute Gasteiger partial charge is 0.417 e. The summed E-state index contributed by atoms with van der Waals surface area (Å²) in [6, 6.07) is 2.05. The summed E-state index contributed by atoms with van der Waals surface area (Å²) in [7, 11) is 0. The van der Waals surface area contributed by atoms with Crippen molar-refractivity contribution in [3.8, 4) is 5.82 Å². The van der Waals surface area contributed by atoms with Gasteiger partial charge in [0.15, 0.2) is 5.82 Å². The molecule has 0 radical (unpaired) electrons. The number of hydrogen-bond acceptors (Lipinski definition) is 2. The van der Waals surface area contributed by atoms with Gasteiger partial charge < -0.3 is 0 Å². The number of aromatic nitrogens is 3. The molecule has 2 rings (SSSR count). The van der Waals surface area contributed by atoms with Gasteiger partial charge in [-0.1, -0.05) is 13.8 Å². The Kier molecular flexibility index (Phi) is 4.27. The second-order valence-corrected chi connectivity index (χ2v) is 5.84. The summed E-state index contributed by atoms with van der Waals surface area (Å²) in [4.78, 5) is 15.8. The Morgan fingerprint density at radius 1 is 1.38 bits per heavy atom. The van der Waals surface area contributed by atoms with Crippen LogP contribution >= 0.6 is 15.9 Å². The zero-order valence-corrected chi connectivity index (χ0v) is 12.9. The van der Waals surface area contributed by atoms with E-state index in [0.29, 0.717) is 28.7 Å². The summed E-state index contributed by atoms with van der Waals surface area (Å²) < 4.78 is 39.0. The molecule has 1 N–H and O–H groups in total. The maximum atomic E-state index is 12.5. The highest BCUT2D eigenvalue weighted by atomic mass is 79.9. The molecular weight excluding hydrogens is 351 g/mol. The molecule has 0 aliphatic heterocycles. The molecule has 2 heterocycles. The van der Waals surface area contributed by atoms with E-state index >= 15 is 0 Å². The van der Waals surface area contributed by atoms with Crippen LogP contribution in [0.1, 0.15) is 25.1 Å². The standard InChI is InChI=1S/C13H13BrF3N3O/c1-7(2)5-9-11(14)12(21)20(19-9)10-4-3-8(6-18-10)13(15,16)17/h3-4,6-7,19H,5H2,1-2H3. The van der Waals surface area contributed by atoms with Crippen LogP contribution in [0.3, 0.4) is 0 Å². The normalized spacial score (nSPS) is 12.1. The van der Waals surface area contributed by atoms with Crippen molar-refractivity contribution in [3.63, 3.8) is 0 Å². The highest BCUT2D eigenvalue weighted by Gasteiger charge is 2.30. The molecule has 8 heteroatoms. The van der Waals surface area contributed by atoms with Crippen LogP contribution in [-0.4, -0.2) is 14.8 Å².